The van der Waals surface area contributed by atoms with Crippen molar-refractivity contribution >= 4 is 0 Å². The molecule has 0 atom stereocenters. The Balaban J connectivity index is 2.21. The normalized spacial score (nSPS) is 20.9. The molecule has 2 aliphatic rings. The third-order valence-corrected chi connectivity index (χ3v) is 4.26. The van der Waals surface area contributed by atoms with Gasteiger partial charge in [0.05, 0.1) is 16.5 Å². The molecule has 0 spiro atoms. The third-order valence-electron chi connectivity index (χ3n) is 4.26. The Morgan fingerprint density at radius 2 is 1.95 bits per heavy atom. The number of rotatable bonds is 4. The minimum atomic E-state index is 0.337. The zero-order chi connectivity index (χ0) is 15.1. The van der Waals surface area contributed by atoms with Gasteiger partial charge in [0.15, 0.2) is 7.11 Å². The average Bonchev–Trinajstić information content (AvgIpc) is 2.81. The van der Waals surface area contributed by atoms with Gasteiger partial charge in [-0.3, -0.25) is 0 Å². The highest BCUT2D eigenvalue weighted by Crippen LogP contribution is 2.31. The highest BCUT2D eigenvalue weighted by Gasteiger charge is 2.26. The molecule has 1 saturated carbocycles. The fourth-order valence-corrected chi connectivity index (χ4v) is 3.09. The second kappa shape index (κ2) is 7.78. The molecule has 2 aliphatic carbocycles. The van der Waals surface area contributed by atoms with Crippen molar-refractivity contribution in [3.05, 3.63) is 40.0 Å². The molecule has 0 radical (unpaired) electrons. The van der Waals surface area contributed by atoms with Crippen LogP contribution in [0.3, 0.4) is 0 Å². The molecule has 0 unspecified atom stereocenters. The molecule has 0 amide bonds. The van der Waals surface area contributed by atoms with E-state index in [1.165, 1.54) is 32.8 Å². The summed E-state index contributed by atoms with van der Waals surface area (Å²) in [6.07, 6.45) is 14.6. The molecule has 0 aromatic rings. The van der Waals surface area contributed by atoms with Crippen molar-refractivity contribution < 1.29 is 9.76 Å². The van der Waals surface area contributed by atoms with Gasteiger partial charge in [0.2, 0.25) is 0 Å². The van der Waals surface area contributed by atoms with Crippen molar-refractivity contribution in [2.24, 2.45) is 5.92 Å². The molecule has 0 aliphatic heterocycles. The highest BCUT2D eigenvalue weighted by atomic mass is 16.8. The lowest BCUT2D eigenvalue weighted by atomic mass is 9.89. The van der Waals surface area contributed by atoms with Crippen molar-refractivity contribution in [3.8, 4) is 6.07 Å². The van der Waals surface area contributed by atoms with Crippen LogP contribution in [0.4, 0.5) is 0 Å². The van der Waals surface area contributed by atoms with Crippen molar-refractivity contribution in [2.45, 2.75) is 51.4 Å². The second-order valence-corrected chi connectivity index (χ2v) is 5.67. The van der Waals surface area contributed by atoms with Crippen LogP contribution in [0, 0.1) is 22.2 Å². The van der Waals surface area contributed by atoms with Crippen LogP contribution in [0.15, 0.2) is 35.1 Å². The first-order valence-corrected chi connectivity index (χ1v) is 7.80. The van der Waals surface area contributed by atoms with Crippen molar-refractivity contribution in [1.29, 1.82) is 5.26 Å². The summed E-state index contributed by atoms with van der Waals surface area (Å²) in [5, 5.41) is 9.49. The Bertz CT molecular complexity index is 515. The predicted octanol–water partition coefficient (Wildman–Crippen LogP) is 4.35. The monoisotopic (exact) mass is 287 g/mol. The molecule has 0 heterocycles. The number of nitriles is 1. The second-order valence-electron chi connectivity index (χ2n) is 5.67. The fourth-order valence-electron chi connectivity index (χ4n) is 3.09. The lowest BCUT2D eigenvalue weighted by Crippen LogP contribution is -2.11. The number of nitrogens with zero attached hydrogens (tertiary/aromatic N) is 2. The van der Waals surface area contributed by atoms with Gasteiger partial charge in [-0.15, -0.1) is 0 Å². The Morgan fingerprint density at radius 1 is 1.29 bits per heavy atom. The summed E-state index contributed by atoms with van der Waals surface area (Å²) < 4.78 is 0. The van der Waals surface area contributed by atoms with Crippen LogP contribution < -0.4 is 0 Å². The molecule has 21 heavy (non-hydrogen) atoms. The van der Waals surface area contributed by atoms with E-state index in [0.717, 1.165) is 36.8 Å². The molecular weight excluding hydrogens is 264 g/mol. The molecule has 0 saturated heterocycles. The molecular formula is C17H23N2O2+. The molecule has 0 bridgehead atoms. The highest BCUT2D eigenvalue weighted by molar-refractivity contribution is 5.43. The van der Waals surface area contributed by atoms with E-state index >= 15 is 0 Å². The van der Waals surface area contributed by atoms with Gasteiger partial charge in [-0.1, -0.05) is 31.8 Å². The predicted molar refractivity (Wildman–Crippen MR) is 80.9 cm³/mol. The summed E-state index contributed by atoms with van der Waals surface area (Å²) in [7, 11) is 1.36. The lowest BCUT2D eigenvalue weighted by molar-refractivity contribution is -0.759. The van der Waals surface area contributed by atoms with Crippen molar-refractivity contribution in [1.82, 2.24) is 0 Å². The van der Waals surface area contributed by atoms with Crippen LogP contribution in [0.5, 0.6) is 0 Å². The number of hydrogen-bond acceptors (Lipinski definition) is 3. The average molecular weight is 287 g/mol. The van der Waals surface area contributed by atoms with Crippen LogP contribution in [0.1, 0.15) is 51.4 Å². The van der Waals surface area contributed by atoms with Gasteiger partial charge in [-0.05, 0) is 43.8 Å². The van der Waals surface area contributed by atoms with E-state index in [-0.39, 0.29) is 0 Å². The molecule has 0 aromatic heterocycles. The SMILES string of the molecule is CO[N+](=O)C1=CCCC=C1C=C(C#N)C1CCCCCC1. The number of allylic oxidation sites excluding steroid dienone is 4. The topological polar surface area (TPSA) is 53.1 Å². The van der Waals surface area contributed by atoms with Crippen molar-refractivity contribution in [2.75, 3.05) is 7.11 Å². The van der Waals surface area contributed by atoms with Gasteiger partial charge in [-0.25, -0.2) is 4.84 Å². The maximum absolute atomic E-state index is 11.8. The summed E-state index contributed by atoms with van der Waals surface area (Å²) in [5.41, 5.74) is 2.14. The molecule has 0 N–H and O–H groups in total. The lowest BCUT2D eigenvalue weighted by Gasteiger charge is -2.13. The van der Waals surface area contributed by atoms with Gasteiger partial charge in [0.1, 0.15) is 0 Å². The Hall–Kier alpha value is -1.89. The van der Waals surface area contributed by atoms with Crippen LogP contribution in [0.25, 0.3) is 0 Å². The fraction of sp³-hybridized carbons (Fsp3) is 0.588. The third kappa shape index (κ3) is 4.04. The molecule has 4 nitrogen and oxygen atoms in total. The van der Waals surface area contributed by atoms with E-state index in [4.69, 9.17) is 4.84 Å². The number of hydrogen-bond donors (Lipinski definition) is 0. The van der Waals surface area contributed by atoms with Gasteiger partial charge in [0, 0.05) is 5.57 Å². The van der Waals surface area contributed by atoms with Crippen LogP contribution in [-0.4, -0.2) is 12.0 Å². The zero-order valence-corrected chi connectivity index (χ0v) is 12.7. The summed E-state index contributed by atoms with van der Waals surface area (Å²) >= 11 is 0. The molecule has 4 heteroatoms. The zero-order valence-electron chi connectivity index (χ0n) is 12.7. The summed E-state index contributed by atoms with van der Waals surface area (Å²) in [6, 6.07) is 2.36. The van der Waals surface area contributed by atoms with Crippen LogP contribution in [-0.2, 0) is 4.84 Å². The van der Waals surface area contributed by atoms with Gasteiger partial charge < -0.3 is 0 Å². The first-order valence-electron chi connectivity index (χ1n) is 7.80. The smallest absolute Gasteiger partial charge is 0.230 e. The first-order chi connectivity index (χ1) is 10.3. The van der Waals surface area contributed by atoms with E-state index < -0.39 is 0 Å². The first kappa shape index (κ1) is 15.5. The standard InChI is InChI=1S/C17H23N2O2/c1-21-19(20)17-11-7-6-10-15(17)12-16(13-18)14-8-4-2-3-5-9-14/h10-12,14H,2-9H2,1H3/q+1. The molecule has 1 fully saturated rings. The largest absolute Gasteiger partial charge is 0.319 e. The quantitative estimate of drug-likeness (QED) is 0.439. The summed E-state index contributed by atoms with van der Waals surface area (Å²) in [5.74, 6) is 0.337. The van der Waals surface area contributed by atoms with E-state index in [1.807, 2.05) is 18.2 Å². The summed E-state index contributed by atoms with van der Waals surface area (Å²) in [4.78, 5) is 17.0. The molecule has 0 aromatic carbocycles. The van der Waals surface area contributed by atoms with Gasteiger partial charge >= 0.3 is 5.70 Å². The maximum atomic E-state index is 11.8. The maximum Gasteiger partial charge on any atom is 0.319 e. The minimum Gasteiger partial charge on any atom is -0.230 e. The molecule has 2 rings (SSSR count). The Morgan fingerprint density at radius 3 is 2.57 bits per heavy atom. The Kier molecular flexibility index (Phi) is 5.74. The molecule has 112 valence electrons. The van der Waals surface area contributed by atoms with E-state index in [9.17, 15) is 10.2 Å². The van der Waals surface area contributed by atoms with Gasteiger partial charge in [-0.2, -0.15) is 5.26 Å². The summed E-state index contributed by atoms with van der Waals surface area (Å²) in [6.45, 7) is 0. The van der Waals surface area contributed by atoms with E-state index in [1.54, 1.807) is 0 Å². The van der Waals surface area contributed by atoms with Crippen molar-refractivity contribution in [3.63, 3.8) is 0 Å². The minimum absolute atomic E-state index is 0.337. The van der Waals surface area contributed by atoms with Crippen LogP contribution >= 0.6 is 0 Å². The van der Waals surface area contributed by atoms with E-state index in [2.05, 4.69) is 6.07 Å². The van der Waals surface area contributed by atoms with Gasteiger partial charge in [0.25, 0.3) is 4.92 Å². The Labute approximate surface area is 126 Å². The van der Waals surface area contributed by atoms with E-state index in [0.29, 0.717) is 16.5 Å². The van der Waals surface area contributed by atoms with Crippen LogP contribution in [0.2, 0.25) is 0 Å².